The van der Waals surface area contributed by atoms with E-state index in [1.807, 2.05) is 6.07 Å². The molecular formula is C21H19FN4O3. The first-order valence-corrected chi connectivity index (χ1v) is 8.90. The third-order valence-electron chi connectivity index (χ3n) is 5.01. The number of oxime groups is 1. The number of aromatic hydroxyl groups is 2. The molecule has 2 heterocycles. The first-order chi connectivity index (χ1) is 13.9. The molecule has 0 aliphatic heterocycles. The number of hydrogen-bond donors (Lipinski definition) is 4. The summed E-state index contributed by atoms with van der Waals surface area (Å²) >= 11 is 0. The van der Waals surface area contributed by atoms with Crippen LogP contribution in [0, 0.1) is 5.82 Å². The van der Waals surface area contributed by atoms with Crippen LogP contribution in [-0.2, 0) is 19.9 Å². The number of pyridine rings is 1. The van der Waals surface area contributed by atoms with Gasteiger partial charge < -0.3 is 25.7 Å². The average molecular weight is 394 g/mol. The molecule has 0 amide bonds. The quantitative estimate of drug-likeness (QED) is 0.184. The second-order valence-electron chi connectivity index (χ2n) is 6.99. The molecule has 0 fully saturated rings. The number of halogens is 1. The number of hydrogen-bond acceptors (Lipinski definition) is 5. The molecule has 7 nitrogen and oxygen atoms in total. The van der Waals surface area contributed by atoms with Crippen LogP contribution < -0.4 is 5.73 Å². The average Bonchev–Trinajstić information content (AvgIpc) is 3.01. The summed E-state index contributed by atoms with van der Waals surface area (Å²) in [6, 6.07) is 8.07. The lowest BCUT2D eigenvalue weighted by atomic mass is 9.96. The zero-order valence-corrected chi connectivity index (χ0v) is 15.6. The van der Waals surface area contributed by atoms with Gasteiger partial charge in [-0.25, -0.2) is 4.39 Å². The highest BCUT2D eigenvalue weighted by Gasteiger charge is 2.21. The Morgan fingerprint density at radius 2 is 1.90 bits per heavy atom. The number of amidine groups is 1. The molecule has 0 saturated carbocycles. The highest BCUT2D eigenvalue weighted by Crippen LogP contribution is 2.42. The van der Waals surface area contributed by atoms with Gasteiger partial charge in [-0.1, -0.05) is 17.3 Å². The summed E-state index contributed by atoms with van der Waals surface area (Å²) in [5, 5.41) is 34.7. The van der Waals surface area contributed by atoms with Crippen molar-refractivity contribution in [3.63, 3.8) is 0 Å². The molecular weight excluding hydrogens is 375 g/mol. The van der Waals surface area contributed by atoms with Crippen LogP contribution in [-0.4, -0.2) is 30.8 Å². The number of benzene rings is 2. The number of aromatic nitrogens is 2. The topological polar surface area (TPSA) is 117 Å². The van der Waals surface area contributed by atoms with Crippen molar-refractivity contribution in [1.82, 2.24) is 9.55 Å². The van der Waals surface area contributed by atoms with Gasteiger partial charge in [0.25, 0.3) is 0 Å². The van der Waals surface area contributed by atoms with E-state index in [1.54, 1.807) is 31.6 Å². The van der Waals surface area contributed by atoms with Crippen LogP contribution in [0.4, 0.5) is 4.39 Å². The van der Waals surface area contributed by atoms with Crippen molar-refractivity contribution in [2.75, 3.05) is 0 Å². The highest BCUT2D eigenvalue weighted by atomic mass is 19.1. The first kappa shape index (κ1) is 18.5. The lowest BCUT2D eigenvalue weighted by molar-refractivity contribution is 0.317. The Bertz CT molecular complexity index is 1260. The van der Waals surface area contributed by atoms with Gasteiger partial charge in [0.1, 0.15) is 17.2 Å². The standard InChI is InChI=1S/C21H19FN4O3/c1-26-10-16-14(8-17(23)25-29)15-7-12(6-11-2-4-13(22)5-3-11)9-24-19(15)20(27)18(16)21(26)28/h2-5,7,9-10,27-29H,6,8H2,1H3,(H2,23,25). The van der Waals surface area contributed by atoms with Gasteiger partial charge in [-0.2, -0.15) is 0 Å². The fourth-order valence-electron chi connectivity index (χ4n) is 3.61. The van der Waals surface area contributed by atoms with Crippen LogP contribution in [0.25, 0.3) is 21.7 Å². The zero-order chi connectivity index (χ0) is 20.7. The fraction of sp³-hybridized carbons (Fsp3) is 0.143. The van der Waals surface area contributed by atoms with Crippen molar-refractivity contribution in [2.24, 2.45) is 17.9 Å². The van der Waals surface area contributed by atoms with E-state index in [4.69, 9.17) is 10.9 Å². The number of rotatable bonds is 4. The highest BCUT2D eigenvalue weighted by molar-refractivity contribution is 6.10. The molecule has 148 valence electrons. The molecule has 8 heteroatoms. The van der Waals surface area contributed by atoms with E-state index < -0.39 is 0 Å². The minimum atomic E-state index is -0.303. The van der Waals surface area contributed by atoms with Gasteiger partial charge in [-0.15, -0.1) is 0 Å². The van der Waals surface area contributed by atoms with E-state index in [0.29, 0.717) is 28.3 Å². The van der Waals surface area contributed by atoms with Gasteiger partial charge >= 0.3 is 0 Å². The maximum Gasteiger partial charge on any atom is 0.202 e. The molecule has 29 heavy (non-hydrogen) atoms. The van der Waals surface area contributed by atoms with E-state index >= 15 is 0 Å². The Balaban J connectivity index is 1.95. The van der Waals surface area contributed by atoms with E-state index in [2.05, 4.69) is 10.1 Å². The fourth-order valence-corrected chi connectivity index (χ4v) is 3.61. The van der Waals surface area contributed by atoms with Gasteiger partial charge in [0.2, 0.25) is 5.88 Å². The Labute approximate surface area is 165 Å². The molecule has 4 aromatic rings. The van der Waals surface area contributed by atoms with E-state index in [0.717, 1.165) is 11.1 Å². The third-order valence-corrected chi connectivity index (χ3v) is 5.01. The van der Waals surface area contributed by atoms with Crippen molar-refractivity contribution in [3.05, 3.63) is 65.2 Å². The molecule has 2 aromatic heterocycles. The van der Waals surface area contributed by atoms with Crippen molar-refractivity contribution in [2.45, 2.75) is 12.8 Å². The molecule has 2 aromatic carbocycles. The van der Waals surface area contributed by atoms with Crippen LogP contribution in [0.2, 0.25) is 0 Å². The monoisotopic (exact) mass is 394 g/mol. The first-order valence-electron chi connectivity index (χ1n) is 8.90. The molecule has 4 rings (SSSR count). The summed E-state index contributed by atoms with van der Waals surface area (Å²) < 4.78 is 14.6. The van der Waals surface area contributed by atoms with Crippen LogP contribution in [0.15, 0.2) is 47.9 Å². The summed E-state index contributed by atoms with van der Waals surface area (Å²) in [5.41, 5.74) is 8.50. The second-order valence-corrected chi connectivity index (χ2v) is 6.99. The maximum atomic E-state index is 13.2. The predicted molar refractivity (Wildman–Crippen MR) is 108 cm³/mol. The Hall–Kier alpha value is -3.81. The third kappa shape index (κ3) is 3.18. The molecule has 0 saturated heterocycles. The van der Waals surface area contributed by atoms with E-state index in [-0.39, 0.29) is 35.1 Å². The Morgan fingerprint density at radius 3 is 2.59 bits per heavy atom. The van der Waals surface area contributed by atoms with Crippen molar-refractivity contribution < 1.29 is 19.8 Å². The van der Waals surface area contributed by atoms with Gasteiger partial charge in [0.05, 0.1) is 5.39 Å². The lowest BCUT2D eigenvalue weighted by Gasteiger charge is -2.12. The second kappa shape index (κ2) is 6.97. The largest absolute Gasteiger partial charge is 0.505 e. The van der Waals surface area contributed by atoms with Gasteiger partial charge in [0, 0.05) is 36.6 Å². The van der Waals surface area contributed by atoms with Crippen molar-refractivity contribution >= 4 is 27.5 Å². The summed E-state index contributed by atoms with van der Waals surface area (Å²) in [5.74, 6) is -0.546. The van der Waals surface area contributed by atoms with Crippen LogP contribution in [0.3, 0.4) is 0 Å². The molecule has 0 spiro atoms. The smallest absolute Gasteiger partial charge is 0.202 e. The number of phenols is 1. The normalized spacial score (nSPS) is 12.1. The molecule has 0 aliphatic carbocycles. The molecule has 0 bridgehead atoms. The Morgan fingerprint density at radius 1 is 1.17 bits per heavy atom. The van der Waals surface area contributed by atoms with Crippen LogP contribution in [0.1, 0.15) is 16.7 Å². The predicted octanol–water partition coefficient (Wildman–Crippen LogP) is 3.16. The summed E-state index contributed by atoms with van der Waals surface area (Å²) in [6.45, 7) is 0. The van der Waals surface area contributed by atoms with E-state index in [9.17, 15) is 14.6 Å². The number of nitrogens with zero attached hydrogens (tertiary/aromatic N) is 3. The molecule has 5 N–H and O–H groups in total. The minimum absolute atomic E-state index is 0.00873. The lowest BCUT2D eigenvalue weighted by Crippen LogP contribution is -2.15. The SMILES string of the molecule is Cn1cc2c(CC(N)=NO)c3cc(Cc4ccc(F)cc4)cnc3c(O)c2c1O. The Kier molecular flexibility index (Phi) is 4.46. The number of fused-ring (bicyclic) bond motifs is 2. The van der Waals surface area contributed by atoms with Gasteiger partial charge in [-0.3, -0.25) is 4.98 Å². The minimum Gasteiger partial charge on any atom is -0.505 e. The summed E-state index contributed by atoms with van der Waals surface area (Å²) in [7, 11) is 1.65. The van der Waals surface area contributed by atoms with Gasteiger partial charge in [-0.05, 0) is 41.3 Å². The number of aryl methyl sites for hydroxylation is 1. The molecule has 0 unspecified atom stereocenters. The van der Waals surface area contributed by atoms with Gasteiger partial charge in [0.15, 0.2) is 5.75 Å². The number of phenolic OH excluding ortho intramolecular Hbond substituents is 1. The number of nitrogens with two attached hydrogens (primary N) is 1. The zero-order valence-electron chi connectivity index (χ0n) is 15.6. The van der Waals surface area contributed by atoms with Crippen LogP contribution in [0.5, 0.6) is 11.6 Å². The summed E-state index contributed by atoms with van der Waals surface area (Å²) in [4.78, 5) is 4.40. The maximum absolute atomic E-state index is 13.2. The van der Waals surface area contributed by atoms with E-state index in [1.165, 1.54) is 16.7 Å². The molecule has 0 atom stereocenters. The van der Waals surface area contributed by atoms with Crippen molar-refractivity contribution in [1.29, 1.82) is 0 Å². The van der Waals surface area contributed by atoms with Crippen molar-refractivity contribution in [3.8, 4) is 11.6 Å². The van der Waals surface area contributed by atoms with Crippen LogP contribution >= 0.6 is 0 Å². The molecule has 0 radical (unpaired) electrons. The summed E-state index contributed by atoms with van der Waals surface area (Å²) in [6.07, 6.45) is 3.93. The molecule has 0 aliphatic rings.